The zero-order valence-electron chi connectivity index (χ0n) is 14.3. The quantitative estimate of drug-likeness (QED) is 0.867. The molecule has 1 aromatic carbocycles. The highest BCUT2D eigenvalue weighted by molar-refractivity contribution is 5.91. The number of hydrogen-bond donors (Lipinski definition) is 1. The molecule has 2 rings (SSSR count). The Morgan fingerprint density at radius 2 is 1.83 bits per heavy atom. The summed E-state index contributed by atoms with van der Waals surface area (Å²) in [4.78, 5) is 24.0. The van der Waals surface area contributed by atoms with Crippen LogP contribution < -0.4 is 5.32 Å². The maximum atomic E-state index is 12.2. The molecular formula is C18H22N2O4. The number of amides is 1. The summed E-state index contributed by atoms with van der Waals surface area (Å²) in [5, 5.41) is 2.60. The number of nitrogens with zero attached hydrogens (tertiary/aromatic N) is 1. The van der Waals surface area contributed by atoms with Crippen LogP contribution >= 0.6 is 0 Å². The number of aryl methyl sites for hydroxylation is 1. The van der Waals surface area contributed by atoms with Gasteiger partial charge in [0.15, 0.2) is 0 Å². The van der Waals surface area contributed by atoms with E-state index in [1.165, 1.54) is 0 Å². The molecule has 0 aliphatic heterocycles. The van der Waals surface area contributed by atoms with E-state index in [4.69, 9.17) is 9.47 Å². The molecule has 0 aliphatic carbocycles. The lowest BCUT2D eigenvalue weighted by atomic mass is 10.2. The summed E-state index contributed by atoms with van der Waals surface area (Å²) < 4.78 is 12.1. The van der Waals surface area contributed by atoms with Crippen LogP contribution in [0.25, 0.3) is 0 Å². The van der Waals surface area contributed by atoms with Crippen LogP contribution in [0.1, 0.15) is 36.8 Å². The van der Waals surface area contributed by atoms with Crippen LogP contribution in [0.3, 0.4) is 0 Å². The number of carbonyl (C=O) groups is 2. The van der Waals surface area contributed by atoms with Gasteiger partial charge in [0.25, 0.3) is 0 Å². The monoisotopic (exact) mass is 330 g/mol. The first-order valence-corrected chi connectivity index (χ1v) is 7.62. The van der Waals surface area contributed by atoms with Crippen LogP contribution in [0.2, 0.25) is 0 Å². The summed E-state index contributed by atoms with van der Waals surface area (Å²) >= 11 is 0. The zero-order valence-corrected chi connectivity index (χ0v) is 14.3. The number of esters is 1. The Kier molecular flexibility index (Phi) is 5.28. The van der Waals surface area contributed by atoms with E-state index in [1.807, 2.05) is 30.3 Å². The minimum atomic E-state index is -0.587. The number of hydrogen-bond acceptors (Lipinski definition) is 4. The molecule has 0 fully saturated rings. The van der Waals surface area contributed by atoms with Crippen molar-refractivity contribution in [3.05, 3.63) is 53.9 Å². The lowest BCUT2D eigenvalue weighted by molar-refractivity contribution is 0.0461. The van der Waals surface area contributed by atoms with E-state index < -0.39 is 17.7 Å². The SMILES string of the molecule is Cn1cc(NC(=O)OC(C)(C)C)cc1C(=O)OCc1ccccc1. The van der Waals surface area contributed by atoms with Gasteiger partial charge in [-0.15, -0.1) is 0 Å². The van der Waals surface area contributed by atoms with Crippen molar-refractivity contribution in [3.8, 4) is 0 Å². The summed E-state index contributed by atoms with van der Waals surface area (Å²) in [6.07, 6.45) is 1.06. The standard InChI is InChI=1S/C18H22N2O4/c1-18(2,3)24-17(22)19-14-10-15(20(4)11-14)16(21)23-12-13-8-6-5-7-9-13/h5-11H,12H2,1-4H3,(H,19,22). The van der Waals surface area contributed by atoms with E-state index in [0.29, 0.717) is 11.4 Å². The van der Waals surface area contributed by atoms with Gasteiger partial charge in [0.05, 0.1) is 5.69 Å². The number of nitrogens with one attached hydrogen (secondary N) is 1. The average molecular weight is 330 g/mol. The first-order chi connectivity index (χ1) is 11.2. The molecule has 6 heteroatoms. The maximum Gasteiger partial charge on any atom is 0.412 e. The second-order valence-corrected chi connectivity index (χ2v) is 6.41. The van der Waals surface area contributed by atoms with E-state index >= 15 is 0 Å². The molecule has 0 bridgehead atoms. The summed E-state index contributed by atoms with van der Waals surface area (Å²) in [6.45, 7) is 5.54. The predicted molar refractivity (Wildman–Crippen MR) is 90.8 cm³/mol. The third-order valence-corrected chi connectivity index (χ3v) is 3.07. The largest absolute Gasteiger partial charge is 0.456 e. The number of rotatable bonds is 4. The molecular weight excluding hydrogens is 308 g/mol. The van der Waals surface area contributed by atoms with Gasteiger partial charge in [0, 0.05) is 13.2 Å². The average Bonchev–Trinajstić information content (AvgIpc) is 2.84. The van der Waals surface area contributed by atoms with Crippen LogP contribution in [0.4, 0.5) is 10.5 Å². The second-order valence-electron chi connectivity index (χ2n) is 6.41. The fraction of sp³-hybridized carbons (Fsp3) is 0.333. The molecule has 1 heterocycles. The van der Waals surface area contributed by atoms with Crippen molar-refractivity contribution >= 4 is 17.7 Å². The van der Waals surface area contributed by atoms with Crippen molar-refractivity contribution in [2.45, 2.75) is 33.0 Å². The Bertz CT molecular complexity index is 714. The molecule has 1 aromatic heterocycles. The molecule has 1 amide bonds. The van der Waals surface area contributed by atoms with Gasteiger partial charge in [0.1, 0.15) is 17.9 Å². The highest BCUT2D eigenvalue weighted by atomic mass is 16.6. The topological polar surface area (TPSA) is 69.6 Å². The fourth-order valence-electron chi connectivity index (χ4n) is 2.05. The molecule has 0 atom stereocenters. The molecule has 24 heavy (non-hydrogen) atoms. The number of anilines is 1. The second kappa shape index (κ2) is 7.21. The minimum Gasteiger partial charge on any atom is -0.456 e. The normalized spacial score (nSPS) is 11.0. The number of aromatic nitrogens is 1. The van der Waals surface area contributed by atoms with Gasteiger partial charge in [-0.05, 0) is 32.4 Å². The third kappa shape index (κ3) is 5.15. The van der Waals surface area contributed by atoms with Gasteiger partial charge in [-0.3, -0.25) is 5.32 Å². The van der Waals surface area contributed by atoms with Gasteiger partial charge in [-0.25, -0.2) is 9.59 Å². The van der Waals surface area contributed by atoms with Crippen molar-refractivity contribution in [3.63, 3.8) is 0 Å². The molecule has 0 saturated carbocycles. The van der Waals surface area contributed by atoms with Gasteiger partial charge < -0.3 is 14.0 Å². The highest BCUT2D eigenvalue weighted by Gasteiger charge is 2.18. The van der Waals surface area contributed by atoms with E-state index in [2.05, 4.69) is 5.32 Å². The molecule has 6 nitrogen and oxygen atoms in total. The molecule has 0 aliphatic rings. The predicted octanol–water partition coefficient (Wildman–Crippen LogP) is 3.73. The van der Waals surface area contributed by atoms with Crippen molar-refractivity contribution in [1.82, 2.24) is 4.57 Å². The van der Waals surface area contributed by atoms with Gasteiger partial charge in [0.2, 0.25) is 0 Å². The van der Waals surface area contributed by atoms with Crippen LogP contribution in [0.15, 0.2) is 42.6 Å². The van der Waals surface area contributed by atoms with E-state index in [9.17, 15) is 9.59 Å². The van der Waals surface area contributed by atoms with Gasteiger partial charge in [-0.1, -0.05) is 30.3 Å². The number of carbonyl (C=O) groups excluding carboxylic acids is 2. The van der Waals surface area contributed by atoms with Crippen LogP contribution in [0, 0.1) is 0 Å². The lowest BCUT2D eigenvalue weighted by Gasteiger charge is -2.19. The Morgan fingerprint density at radius 1 is 1.17 bits per heavy atom. The molecule has 0 unspecified atom stereocenters. The molecule has 1 N–H and O–H groups in total. The summed E-state index contributed by atoms with van der Waals surface area (Å²) in [5.74, 6) is -0.460. The van der Waals surface area contributed by atoms with E-state index in [1.54, 1.807) is 44.6 Å². The molecule has 0 radical (unpaired) electrons. The third-order valence-electron chi connectivity index (χ3n) is 3.07. The Balaban J connectivity index is 1.97. The zero-order chi connectivity index (χ0) is 17.7. The van der Waals surface area contributed by atoms with Gasteiger partial charge in [-0.2, -0.15) is 0 Å². The Labute approximate surface area is 141 Å². The van der Waals surface area contributed by atoms with Crippen molar-refractivity contribution < 1.29 is 19.1 Å². The smallest absolute Gasteiger partial charge is 0.412 e. The van der Waals surface area contributed by atoms with Gasteiger partial charge >= 0.3 is 12.1 Å². The summed E-state index contributed by atoms with van der Waals surface area (Å²) in [7, 11) is 1.71. The Morgan fingerprint density at radius 3 is 2.46 bits per heavy atom. The number of ether oxygens (including phenoxy) is 2. The van der Waals surface area contributed by atoms with Crippen molar-refractivity contribution in [2.75, 3.05) is 5.32 Å². The lowest BCUT2D eigenvalue weighted by Crippen LogP contribution is -2.27. The number of benzene rings is 1. The van der Waals surface area contributed by atoms with Crippen molar-refractivity contribution in [2.24, 2.45) is 7.05 Å². The van der Waals surface area contributed by atoms with Crippen LogP contribution in [0.5, 0.6) is 0 Å². The van der Waals surface area contributed by atoms with Crippen LogP contribution in [-0.4, -0.2) is 22.2 Å². The van der Waals surface area contributed by atoms with Crippen LogP contribution in [-0.2, 0) is 23.1 Å². The fourth-order valence-corrected chi connectivity index (χ4v) is 2.05. The Hall–Kier alpha value is -2.76. The molecule has 0 saturated heterocycles. The highest BCUT2D eigenvalue weighted by Crippen LogP contribution is 2.16. The van der Waals surface area contributed by atoms with E-state index in [-0.39, 0.29) is 6.61 Å². The molecule has 0 spiro atoms. The molecule has 128 valence electrons. The maximum absolute atomic E-state index is 12.2. The van der Waals surface area contributed by atoms with Crippen molar-refractivity contribution in [1.29, 1.82) is 0 Å². The minimum absolute atomic E-state index is 0.194. The van der Waals surface area contributed by atoms with E-state index in [0.717, 1.165) is 5.56 Å². The summed E-state index contributed by atoms with van der Waals surface area (Å²) in [5.41, 5.74) is 1.14. The summed E-state index contributed by atoms with van der Waals surface area (Å²) in [6, 6.07) is 11.0. The first-order valence-electron chi connectivity index (χ1n) is 7.62. The first kappa shape index (κ1) is 17.6. The molecule has 2 aromatic rings.